The molecular weight excluding hydrogens is 216 g/mol. The van der Waals surface area contributed by atoms with Crippen LogP contribution in [-0.4, -0.2) is 22.4 Å². The van der Waals surface area contributed by atoms with Gasteiger partial charge in [0.05, 0.1) is 18.5 Å². The molecule has 4 nitrogen and oxygen atoms in total. The molecule has 0 N–H and O–H groups in total. The van der Waals surface area contributed by atoms with Crippen molar-refractivity contribution >= 4 is 5.97 Å². The summed E-state index contributed by atoms with van der Waals surface area (Å²) in [7, 11) is 0. The van der Waals surface area contributed by atoms with Crippen molar-refractivity contribution in [2.24, 2.45) is 0 Å². The number of hydrogen-bond donors (Lipinski definition) is 0. The molecule has 1 aromatic heterocycles. The van der Waals surface area contributed by atoms with Crippen molar-refractivity contribution < 1.29 is 9.53 Å². The highest BCUT2D eigenvalue weighted by Gasteiger charge is 2.22. The molecule has 4 heteroatoms. The summed E-state index contributed by atoms with van der Waals surface area (Å²) in [6, 6.07) is 0.301. The van der Waals surface area contributed by atoms with E-state index in [1.165, 1.54) is 0 Å². The van der Waals surface area contributed by atoms with Gasteiger partial charge < -0.3 is 4.74 Å². The van der Waals surface area contributed by atoms with Crippen LogP contribution in [0.3, 0.4) is 0 Å². The van der Waals surface area contributed by atoms with Crippen molar-refractivity contribution in [2.45, 2.75) is 53.0 Å². The van der Waals surface area contributed by atoms with E-state index < -0.39 is 0 Å². The lowest BCUT2D eigenvalue weighted by Crippen LogP contribution is -2.14. The second-order valence-corrected chi connectivity index (χ2v) is 4.52. The third-order valence-corrected chi connectivity index (χ3v) is 2.88. The van der Waals surface area contributed by atoms with E-state index in [1.54, 1.807) is 6.20 Å². The largest absolute Gasteiger partial charge is 0.462 e. The summed E-state index contributed by atoms with van der Waals surface area (Å²) in [5.74, 6) is -0.0170. The number of esters is 1. The molecule has 0 aliphatic heterocycles. The molecule has 0 bridgehead atoms. The van der Waals surface area contributed by atoms with Gasteiger partial charge in [-0.2, -0.15) is 5.10 Å². The van der Waals surface area contributed by atoms with Crippen LogP contribution in [0, 0.1) is 0 Å². The first-order chi connectivity index (χ1) is 8.02. The highest BCUT2D eigenvalue weighted by molar-refractivity contribution is 5.90. The van der Waals surface area contributed by atoms with Crippen LogP contribution in [0.2, 0.25) is 0 Å². The van der Waals surface area contributed by atoms with E-state index in [-0.39, 0.29) is 11.9 Å². The zero-order valence-electron chi connectivity index (χ0n) is 11.4. The number of nitrogens with zero attached hydrogens (tertiary/aromatic N) is 2. The maximum absolute atomic E-state index is 11.8. The third-order valence-electron chi connectivity index (χ3n) is 2.88. The molecule has 96 valence electrons. The fourth-order valence-electron chi connectivity index (χ4n) is 1.84. The van der Waals surface area contributed by atoms with E-state index in [1.807, 2.05) is 11.6 Å². The molecule has 17 heavy (non-hydrogen) atoms. The second-order valence-electron chi connectivity index (χ2n) is 4.52. The molecule has 1 aromatic rings. The Morgan fingerprint density at radius 1 is 1.41 bits per heavy atom. The lowest BCUT2D eigenvalue weighted by molar-refractivity contribution is 0.0524. The summed E-state index contributed by atoms with van der Waals surface area (Å²) in [4.78, 5) is 11.8. The Bertz CT molecular complexity index is 383. The van der Waals surface area contributed by atoms with Gasteiger partial charge in [-0.15, -0.1) is 0 Å². The third kappa shape index (κ3) is 2.87. The summed E-state index contributed by atoms with van der Waals surface area (Å²) >= 11 is 0. The molecule has 0 spiro atoms. The summed E-state index contributed by atoms with van der Waals surface area (Å²) in [6.07, 6.45) is 2.61. The van der Waals surface area contributed by atoms with E-state index in [9.17, 15) is 4.79 Å². The van der Waals surface area contributed by atoms with Gasteiger partial charge in [0.15, 0.2) is 0 Å². The zero-order valence-corrected chi connectivity index (χ0v) is 11.4. The SMILES string of the molecule is CCOC(=O)c1cnn(C(C)CC)c1C(C)C. The molecular formula is C13H22N2O2. The highest BCUT2D eigenvalue weighted by Crippen LogP contribution is 2.24. The van der Waals surface area contributed by atoms with Crippen molar-refractivity contribution in [3.63, 3.8) is 0 Å². The fourth-order valence-corrected chi connectivity index (χ4v) is 1.84. The van der Waals surface area contributed by atoms with Gasteiger partial charge in [-0.05, 0) is 26.2 Å². The minimum absolute atomic E-state index is 0.255. The molecule has 0 radical (unpaired) electrons. The predicted octanol–water partition coefficient (Wildman–Crippen LogP) is 3.15. The van der Waals surface area contributed by atoms with Crippen molar-refractivity contribution in [1.29, 1.82) is 0 Å². The summed E-state index contributed by atoms with van der Waals surface area (Å²) in [5.41, 5.74) is 1.57. The Hall–Kier alpha value is -1.32. The summed E-state index contributed by atoms with van der Waals surface area (Å²) in [6.45, 7) is 10.6. The van der Waals surface area contributed by atoms with Gasteiger partial charge in [0.2, 0.25) is 0 Å². The number of ether oxygens (including phenoxy) is 1. The first-order valence-electron chi connectivity index (χ1n) is 6.27. The number of hydrogen-bond acceptors (Lipinski definition) is 3. The zero-order chi connectivity index (χ0) is 13.0. The van der Waals surface area contributed by atoms with Gasteiger partial charge in [0.1, 0.15) is 5.56 Å². The molecule has 0 aromatic carbocycles. The Morgan fingerprint density at radius 3 is 2.53 bits per heavy atom. The van der Waals surface area contributed by atoms with E-state index in [0.29, 0.717) is 18.2 Å². The van der Waals surface area contributed by atoms with Crippen molar-refractivity contribution in [2.75, 3.05) is 6.61 Å². The van der Waals surface area contributed by atoms with Crippen molar-refractivity contribution in [3.8, 4) is 0 Å². The lowest BCUT2D eigenvalue weighted by atomic mass is 10.1. The quantitative estimate of drug-likeness (QED) is 0.740. The minimum Gasteiger partial charge on any atom is -0.462 e. The van der Waals surface area contributed by atoms with E-state index >= 15 is 0 Å². The van der Waals surface area contributed by atoms with Gasteiger partial charge in [0, 0.05) is 6.04 Å². The lowest BCUT2D eigenvalue weighted by Gasteiger charge is -2.17. The number of rotatable bonds is 5. The molecule has 0 aliphatic rings. The van der Waals surface area contributed by atoms with Crippen LogP contribution in [0.15, 0.2) is 6.20 Å². The van der Waals surface area contributed by atoms with Crippen LogP contribution in [0.5, 0.6) is 0 Å². The topological polar surface area (TPSA) is 44.1 Å². The monoisotopic (exact) mass is 238 g/mol. The maximum atomic E-state index is 11.8. The summed E-state index contributed by atoms with van der Waals surface area (Å²) < 4.78 is 6.99. The molecule has 1 rings (SSSR count). The predicted molar refractivity (Wildman–Crippen MR) is 67.3 cm³/mol. The number of aromatic nitrogens is 2. The van der Waals surface area contributed by atoms with Gasteiger partial charge in [-0.1, -0.05) is 20.8 Å². The van der Waals surface area contributed by atoms with Gasteiger partial charge in [-0.25, -0.2) is 4.79 Å². The van der Waals surface area contributed by atoms with Crippen LogP contribution < -0.4 is 0 Å². The second kappa shape index (κ2) is 5.84. The number of carbonyl (C=O) groups excluding carboxylic acids is 1. The Labute approximate surface area is 103 Å². The first kappa shape index (κ1) is 13.7. The van der Waals surface area contributed by atoms with Crippen molar-refractivity contribution in [1.82, 2.24) is 9.78 Å². The molecule has 1 atom stereocenters. The van der Waals surface area contributed by atoms with E-state index in [0.717, 1.165) is 12.1 Å². The Balaban J connectivity index is 3.15. The Morgan fingerprint density at radius 2 is 2.06 bits per heavy atom. The van der Waals surface area contributed by atoms with Crippen LogP contribution in [0.25, 0.3) is 0 Å². The van der Waals surface area contributed by atoms with Crippen LogP contribution in [-0.2, 0) is 4.74 Å². The van der Waals surface area contributed by atoms with E-state index in [4.69, 9.17) is 4.74 Å². The molecule has 0 amide bonds. The summed E-state index contributed by atoms with van der Waals surface area (Å²) in [5, 5.41) is 4.33. The van der Waals surface area contributed by atoms with Crippen LogP contribution in [0.4, 0.5) is 0 Å². The van der Waals surface area contributed by atoms with Gasteiger partial charge in [0.25, 0.3) is 0 Å². The average Bonchev–Trinajstić information content (AvgIpc) is 2.72. The molecule has 0 saturated heterocycles. The average molecular weight is 238 g/mol. The molecule has 0 aliphatic carbocycles. The molecule has 1 unspecified atom stereocenters. The fraction of sp³-hybridized carbons (Fsp3) is 0.692. The first-order valence-corrected chi connectivity index (χ1v) is 6.27. The van der Waals surface area contributed by atoms with Crippen LogP contribution >= 0.6 is 0 Å². The normalized spacial score (nSPS) is 12.8. The van der Waals surface area contributed by atoms with Gasteiger partial charge in [-0.3, -0.25) is 4.68 Å². The molecule has 0 fully saturated rings. The smallest absolute Gasteiger partial charge is 0.341 e. The van der Waals surface area contributed by atoms with Crippen LogP contribution in [0.1, 0.15) is 69.1 Å². The van der Waals surface area contributed by atoms with E-state index in [2.05, 4.69) is 32.8 Å². The maximum Gasteiger partial charge on any atom is 0.341 e. The molecule has 1 heterocycles. The number of carbonyl (C=O) groups is 1. The highest BCUT2D eigenvalue weighted by atomic mass is 16.5. The van der Waals surface area contributed by atoms with Gasteiger partial charge >= 0.3 is 5.97 Å². The van der Waals surface area contributed by atoms with Crippen molar-refractivity contribution in [3.05, 3.63) is 17.5 Å². The standard InChI is InChI=1S/C13H22N2O2/c1-6-10(5)15-12(9(3)4)11(8-14-15)13(16)17-7-2/h8-10H,6-7H2,1-5H3. The Kier molecular flexibility index (Phi) is 4.73. The molecule has 0 saturated carbocycles. The minimum atomic E-state index is -0.272.